The molecule has 1 aliphatic rings. The molecule has 9 heteroatoms. The first-order valence-electron chi connectivity index (χ1n) is 10.6. The zero-order valence-electron chi connectivity index (χ0n) is 17.5. The minimum atomic E-state index is -3.56. The maximum absolute atomic E-state index is 12.8. The van der Waals surface area contributed by atoms with Gasteiger partial charge in [0.2, 0.25) is 15.9 Å². The van der Waals surface area contributed by atoms with E-state index in [1.165, 1.54) is 16.4 Å². The number of hydrogen-bond donors (Lipinski definition) is 1. The molecule has 1 aliphatic heterocycles. The minimum Gasteiger partial charge on any atom is -0.356 e. The minimum absolute atomic E-state index is 0.0123. The zero-order chi connectivity index (χ0) is 22.6. The van der Waals surface area contributed by atoms with Crippen molar-refractivity contribution in [3.8, 4) is 5.69 Å². The Morgan fingerprint density at radius 3 is 2.38 bits per heavy atom. The number of rotatable bonds is 7. The molecule has 168 valence electrons. The Morgan fingerprint density at radius 2 is 1.75 bits per heavy atom. The van der Waals surface area contributed by atoms with Crippen molar-refractivity contribution in [3.05, 3.63) is 77.6 Å². The lowest BCUT2D eigenvalue weighted by Crippen LogP contribution is -2.43. The summed E-state index contributed by atoms with van der Waals surface area (Å²) in [6.07, 6.45) is 5.38. The summed E-state index contributed by atoms with van der Waals surface area (Å²) >= 11 is 5.85. The van der Waals surface area contributed by atoms with Crippen LogP contribution < -0.4 is 5.32 Å². The Morgan fingerprint density at radius 1 is 1.06 bits per heavy atom. The standard InChI is InChI=1S/C23H25ClN4O3S/c24-20-4-8-22(9-5-20)32(30,31)27-16-11-19(12-17-27)23(29)25-14-10-18-2-6-21(7-3-18)28-15-1-13-26-28/h1-9,13,15,19H,10-12,14,16-17H2,(H,25,29). The van der Waals surface area contributed by atoms with Crippen LogP contribution in [0.2, 0.25) is 5.02 Å². The van der Waals surface area contributed by atoms with Gasteiger partial charge in [0, 0.05) is 43.0 Å². The largest absolute Gasteiger partial charge is 0.356 e. The van der Waals surface area contributed by atoms with E-state index in [-0.39, 0.29) is 16.7 Å². The Kier molecular flexibility index (Phi) is 6.93. The van der Waals surface area contributed by atoms with Gasteiger partial charge < -0.3 is 5.32 Å². The first-order chi connectivity index (χ1) is 15.4. The van der Waals surface area contributed by atoms with Crippen LogP contribution in [-0.2, 0) is 21.2 Å². The van der Waals surface area contributed by atoms with Crippen molar-refractivity contribution in [1.82, 2.24) is 19.4 Å². The molecular formula is C23H25ClN4O3S. The van der Waals surface area contributed by atoms with Gasteiger partial charge in [-0.05, 0) is 67.3 Å². The second-order valence-electron chi connectivity index (χ2n) is 7.79. The summed E-state index contributed by atoms with van der Waals surface area (Å²) in [7, 11) is -3.56. The van der Waals surface area contributed by atoms with Gasteiger partial charge in [0.15, 0.2) is 0 Å². The number of hydrogen-bond acceptors (Lipinski definition) is 4. The van der Waals surface area contributed by atoms with Crippen LogP contribution in [0.1, 0.15) is 18.4 Å². The van der Waals surface area contributed by atoms with E-state index in [0.29, 0.717) is 37.5 Å². The van der Waals surface area contributed by atoms with Crippen molar-refractivity contribution in [2.75, 3.05) is 19.6 Å². The molecule has 32 heavy (non-hydrogen) atoms. The average Bonchev–Trinajstić information content (AvgIpc) is 3.35. The molecule has 1 fully saturated rings. The third kappa shape index (κ3) is 5.20. The SMILES string of the molecule is O=C(NCCc1ccc(-n2cccn2)cc1)C1CCN(S(=O)(=O)c2ccc(Cl)cc2)CC1. The summed E-state index contributed by atoms with van der Waals surface area (Å²) in [4.78, 5) is 12.8. The van der Waals surface area contributed by atoms with Gasteiger partial charge in [-0.1, -0.05) is 23.7 Å². The molecule has 1 N–H and O–H groups in total. The van der Waals surface area contributed by atoms with Crippen LogP contribution in [0.15, 0.2) is 71.9 Å². The number of carbonyl (C=O) groups excluding carboxylic acids is 1. The second kappa shape index (κ2) is 9.85. The van der Waals surface area contributed by atoms with Crippen LogP contribution in [0.4, 0.5) is 0 Å². The molecule has 0 saturated carbocycles. The van der Waals surface area contributed by atoms with Crippen LogP contribution in [0, 0.1) is 5.92 Å². The Labute approximate surface area is 193 Å². The maximum atomic E-state index is 12.8. The molecule has 7 nitrogen and oxygen atoms in total. The average molecular weight is 473 g/mol. The van der Waals surface area contributed by atoms with E-state index >= 15 is 0 Å². The van der Waals surface area contributed by atoms with E-state index in [1.807, 2.05) is 36.5 Å². The molecule has 1 saturated heterocycles. The van der Waals surface area contributed by atoms with E-state index in [4.69, 9.17) is 11.6 Å². The Bertz CT molecular complexity index is 1140. The van der Waals surface area contributed by atoms with E-state index in [2.05, 4.69) is 10.4 Å². The number of benzene rings is 2. The van der Waals surface area contributed by atoms with Crippen molar-refractivity contribution in [2.45, 2.75) is 24.2 Å². The molecule has 0 unspecified atom stereocenters. The highest BCUT2D eigenvalue weighted by molar-refractivity contribution is 7.89. The van der Waals surface area contributed by atoms with Crippen molar-refractivity contribution < 1.29 is 13.2 Å². The quantitative estimate of drug-likeness (QED) is 0.572. The smallest absolute Gasteiger partial charge is 0.243 e. The lowest BCUT2D eigenvalue weighted by atomic mass is 9.97. The summed E-state index contributed by atoms with van der Waals surface area (Å²) in [5.41, 5.74) is 2.12. The Balaban J connectivity index is 1.24. The lowest BCUT2D eigenvalue weighted by molar-refractivity contribution is -0.126. The van der Waals surface area contributed by atoms with Crippen LogP contribution in [0.3, 0.4) is 0 Å². The highest BCUT2D eigenvalue weighted by Crippen LogP contribution is 2.25. The highest BCUT2D eigenvalue weighted by Gasteiger charge is 2.31. The lowest BCUT2D eigenvalue weighted by Gasteiger charge is -2.30. The van der Waals surface area contributed by atoms with Crippen molar-refractivity contribution in [2.24, 2.45) is 5.92 Å². The third-order valence-electron chi connectivity index (χ3n) is 5.69. The molecule has 0 bridgehead atoms. The van der Waals surface area contributed by atoms with Gasteiger partial charge in [-0.2, -0.15) is 9.40 Å². The van der Waals surface area contributed by atoms with Crippen LogP contribution >= 0.6 is 11.6 Å². The highest BCUT2D eigenvalue weighted by atomic mass is 35.5. The summed E-state index contributed by atoms with van der Waals surface area (Å²) in [5, 5.41) is 7.70. The zero-order valence-corrected chi connectivity index (χ0v) is 19.1. The van der Waals surface area contributed by atoms with E-state index in [1.54, 1.807) is 23.0 Å². The van der Waals surface area contributed by atoms with Crippen LogP contribution in [0.25, 0.3) is 5.69 Å². The Hall–Kier alpha value is -2.68. The summed E-state index contributed by atoms with van der Waals surface area (Å²) in [6.45, 7) is 1.21. The van der Waals surface area contributed by atoms with Gasteiger partial charge in [0.05, 0.1) is 10.6 Å². The van der Waals surface area contributed by atoms with Crippen LogP contribution in [0.5, 0.6) is 0 Å². The number of halogens is 1. The molecule has 3 aromatic rings. The first kappa shape index (κ1) is 22.5. The molecule has 0 radical (unpaired) electrons. The maximum Gasteiger partial charge on any atom is 0.243 e. The van der Waals surface area contributed by atoms with Crippen molar-refractivity contribution >= 4 is 27.5 Å². The fourth-order valence-electron chi connectivity index (χ4n) is 3.83. The topological polar surface area (TPSA) is 84.3 Å². The second-order valence-corrected chi connectivity index (χ2v) is 10.2. The van der Waals surface area contributed by atoms with Gasteiger partial charge in [-0.3, -0.25) is 4.79 Å². The van der Waals surface area contributed by atoms with E-state index in [9.17, 15) is 13.2 Å². The molecule has 0 atom stereocenters. The number of piperidine rings is 1. The molecule has 2 aromatic carbocycles. The molecule has 0 aliphatic carbocycles. The number of aromatic nitrogens is 2. The van der Waals surface area contributed by atoms with Crippen molar-refractivity contribution in [1.29, 1.82) is 0 Å². The van der Waals surface area contributed by atoms with Gasteiger partial charge >= 0.3 is 0 Å². The fraction of sp³-hybridized carbons (Fsp3) is 0.304. The molecule has 4 rings (SSSR count). The molecular weight excluding hydrogens is 448 g/mol. The summed E-state index contributed by atoms with van der Waals surface area (Å²) < 4.78 is 28.8. The number of nitrogens with one attached hydrogen (secondary N) is 1. The van der Waals surface area contributed by atoms with E-state index in [0.717, 1.165) is 17.7 Å². The van der Waals surface area contributed by atoms with Crippen LogP contribution in [-0.4, -0.2) is 48.0 Å². The van der Waals surface area contributed by atoms with Gasteiger partial charge in [0.1, 0.15) is 0 Å². The molecule has 1 amide bonds. The molecule has 2 heterocycles. The first-order valence-corrected chi connectivity index (χ1v) is 12.4. The molecule has 1 aromatic heterocycles. The van der Waals surface area contributed by atoms with Gasteiger partial charge in [-0.15, -0.1) is 0 Å². The van der Waals surface area contributed by atoms with Crippen molar-refractivity contribution in [3.63, 3.8) is 0 Å². The summed E-state index contributed by atoms with van der Waals surface area (Å²) in [6, 6.07) is 16.1. The predicted octanol–water partition coefficient (Wildman–Crippen LogP) is 3.29. The third-order valence-corrected chi connectivity index (χ3v) is 7.86. The summed E-state index contributed by atoms with van der Waals surface area (Å²) in [5.74, 6) is -0.185. The fourth-order valence-corrected chi connectivity index (χ4v) is 5.42. The monoisotopic (exact) mass is 472 g/mol. The predicted molar refractivity (Wildman–Crippen MR) is 123 cm³/mol. The normalized spacial score (nSPS) is 15.5. The molecule has 0 spiro atoms. The van der Waals surface area contributed by atoms with E-state index < -0.39 is 10.0 Å². The number of amides is 1. The van der Waals surface area contributed by atoms with Gasteiger partial charge in [-0.25, -0.2) is 13.1 Å². The van der Waals surface area contributed by atoms with Gasteiger partial charge in [0.25, 0.3) is 0 Å². The number of nitrogens with zero attached hydrogens (tertiary/aromatic N) is 3. The number of sulfonamides is 1. The number of carbonyl (C=O) groups is 1.